The van der Waals surface area contributed by atoms with E-state index in [4.69, 9.17) is 32.7 Å². The Morgan fingerprint density at radius 2 is 1.70 bits per heavy atom. The van der Waals surface area contributed by atoms with Gasteiger partial charge in [0.1, 0.15) is 6.61 Å². The zero-order chi connectivity index (χ0) is 23.1. The summed E-state index contributed by atoms with van der Waals surface area (Å²) in [5.74, 6) is 0.149. The number of carbonyl (C=O) groups is 2. The molecular weight excluding hydrogens is 463 g/mol. The highest BCUT2D eigenvalue weighted by Crippen LogP contribution is 2.52. The summed E-state index contributed by atoms with van der Waals surface area (Å²) in [4.78, 5) is 25.6. The molecule has 2 aliphatic carbocycles. The topological polar surface area (TPSA) is 68.2 Å². The van der Waals surface area contributed by atoms with E-state index in [1.54, 1.807) is 24.3 Å². The third-order valence-corrected chi connectivity index (χ3v) is 6.93. The number of hydrogen-bond acceptors (Lipinski definition) is 5. The normalized spacial score (nSPS) is 25.4. The molecule has 6 nitrogen and oxygen atoms in total. The second kappa shape index (κ2) is 8.84. The van der Waals surface area contributed by atoms with Gasteiger partial charge in [-0.3, -0.25) is 9.59 Å². The molecule has 0 N–H and O–H groups in total. The van der Waals surface area contributed by atoms with Crippen LogP contribution < -0.4 is 9.47 Å². The lowest BCUT2D eigenvalue weighted by Crippen LogP contribution is -2.28. The molecule has 1 aliphatic heterocycles. The van der Waals surface area contributed by atoms with Gasteiger partial charge in [0, 0.05) is 5.02 Å². The molecule has 2 fully saturated rings. The van der Waals surface area contributed by atoms with E-state index in [1.807, 2.05) is 19.1 Å². The Morgan fingerprint density at radius 3 is 2.33 bits per heavy atom. The maximum atomic E-state index is 12.8. The zero-order valence-corrected chi connectivity index (χ0v) is 19.4. The highest BCUT2D eigenvalue weighted by Gasteiger charge is 2.59. The minimum Gasteiger partial charge on any atom is -0.490 e. The largest absolute Gasteiger partial charge is 0.490 e. The van der Waals surface area contributed by atoms with E-state index >= 15 is 0 Å². The van der Waals surface area contributed by atoms with Gasteiger partial charge >= 0.3 is 0 Å². The molecule has 170 valence electrons. The highest BCUT2D eigenvalue weighted by molar-refractivity contribution is 6.32. The minimum absolute atomic E-state index is 0.146. The van der Waals surface area contributed by atoms with Crippen molar-refractivity contribution >= 4 is 41.2 Å². The summed E-state index contributed by atoms with van der Waals surface area (Å²) >= 11 is 12.4. The van der Waals surface area contributed by atoms with Gasteiger partial charge in [-0.1, -0.05) is 47.5 Å². The van der Waals surface area contributed by atoms with Gasteiger partial charge in [0.15, 0.2) is 11.5 Å². The van der Waals surface area contributed by atoms with Crippen molar-refractivity contribution < 1.29 is 19.1 Å². The molecule has 2 aromatic rings. The van der Waals surface area contributed by atoms with Crippen molar-refractivity contribution in [2.75, 3.05) is 6.61 Å². The average molecular weight is 485 g/mol. The summed E-state index contributed by atoms with van der Waals surface area (Å²) < 4.78 is 11.7. The van der Waals surface area contributed by atoms with E-state index < -0.39 is 0 Å². The molecule has 1 saturated heterocycles. The average Bonchev–Trinajstić information content (AvgIpc) is 3.47. The number of benzene rings is 2. The molecule has 4 unspecified atom stereocenters. The van der Waals surface area contributed by atoms with Crippen LogP contribution in [0.15, 0.2) is 53.7 Å². The van der Waals surface area contributed by atoms with Crippen LogP contribution in [0, 0.1) is 23.7 Å². The number of allylic oxidation sites excluding steroid dienone is 2. The number of carbonyl (C=O) groups excluding carboxylic acids is 2. The van der Waals surface area contributed by atoms with E-state index in [1.165, 1.54) is 6.21 Å². The fraction of sp³-hybridized carbons (Fsp3) is 0.320. The SMILES string of the molecule is CCOc1cc(/C=N/N2C(=O)C3C4C=CC(C4)C3C2=O)cc(Cl)c1OCc1ccc(Cl)cc1. The van der Waals surface area contributed by atoms with Gasteiger partial charge in [-0.05, 0) is 60.6 Å². The summed E-state index contributed by atoms with van der Waals surface area (Å²) in [7, 11) is 0. The van der Waals surface area contributed by atoms with Gasteiger partial charge in [0.25, 0.3) is 11.8 Å². The lowest BCUT2D eigenvalue weighted by molar-refractivity contribution is -0.140. The second-order valence-electron chi connectivity index (χ2n) is 8.41. The molecule has 33 heavy (non-hydrogen) atoms. The smallest absolute Gasteiger partial charge is 0.254 e. The lowest BCUT2D eigenvalue weighted by atomic mass is 9.85. The first-order valence-electron chi connectivity index (χ1n) is 10.9. The number of halogens is 2. The molecule has 0 radical (unpaired) electrons. The molecule has 2 bridgehead atoms. The number of imide groups is 1. The fourth-order valence-corrected chi connectivity index (χ4v) is 5.33. The highest BCUT2D eigenvalue weighted by atomic mass is 35.5. The third kappa shape index (κ3) is 4.02. The maximum Gasteiger partial charge on any atom is 0.254 e. The maximum absolute atomic E-state index is 12.8. The molecule has 3 aliphatic rings. The molecule has 0 aromatic heterocycles. The van der Waals surface area contributed by atoms with E-state index in [2.05, 4.69) is 17.3 Å². The summed E-state index contributed by atoms with van der Waals surface area (Å²) in [6.07, 6.45) is 6.46. The number of hydrogen-bond donors (Lipinski definition) is 0. The van der Waals surface area contributed by atoms with Crippen LogP contribution >= 0.6 is 23.2 Å². The van der Waals surface area contributed by atoms with E-state index in [-0.39, 0.29) is 35.5 Å². The summed E-state index contributed by atoms with van der Waals surface area (Å²) in [6.45, 7) is 2.57. The Hall–Kier alpha value is -2.83. The first-order valence-corrected chi connectivity index (χ1v) is 11.7. The standard InChI is InChI=1S/C25H22Cl2N2O4/c1-2-32-20-10-15(9-19(27)23(20)33-13-14-3-7-18(26)8-4-14)12-28-29-24(30)21-16-5-6-17(11-16)22(21)25(29)31/h3-10,12,16-17,21-22H,2,11,13H2,1H3/b28-12+. The fourth-order valence-electron chi connectivity index (χ4n) is 4.93. The van der Waals surface area contributed by atoms with Crippen LogP contribution in [0.3, 0.4) is 0 Å². The zero-order valence-electron chi connectivity index (χ0n) is 17.9. The van der Waals surface area contributed by atoms with Crippen molar-refractivity contribution in [1.29, 1.82) is 0 Å². The van der Waals surface area contributed by atoms with Crippen LogP contribution in [0.25, 0.3) is 0 Å². The van der Waals surface area contributed by atoms with E-state index in [9.17, 15) is 9.59 Å². The molecule has 1 heterocycles. The van der Waals surface area contributed by atoms with Crippen molar-refractivity contribution in [1.82, 2.24) is 5.01 Å². The Labute approximate surface area is 201 Å². The van der Waals surface area contributed by atoms with E-state index in [0.717, 1.165) is 17.0 Å². The van der Waals surface area contributed by atoms with Gasteiger partial charge in [-0.25, -0.2) is 0 Å². The van der Waals surface area contributed by atoms with Gasteiger partial charge in [-0.2, -0.15) is 10.1 Å². The van der Waals surface area contributed by atoms with Gasteiger partial charge in [-0.15, -0.1) is 0 Å². The minimum atomic E-state index is -0.282. The van der Waals surface area contributed by atoms with Crippen molar-refractivity contribution in [3.63, 3.8) is 0 Å². The Balaban J connectivity index is 1.34. The van der Waals surface area contributed by atoms with Crippen LogP contribution in [-0.2, 0) is 16.2 Å². The summed E-state index contributed by atoms with van der Waals surface area (Å²) in [5, 5.41) is 6.23. The Morgan fingerprint density at radius 1 is 1.03 bits per heavy atom. The number of amides is 2. The molecular formula is C25H22Cl2N2O4. The molecule has 8 heteroatoms. The molecule has 5 rings (SSSR count). The summed E-state index contributed by atoms with van der Waals surface area (Å²) in [5.41, 5.74) is 1.53. The number of hydrazone groups is 1. The lowest BCUT2D eigenvalue weighted by Gasteiger charge is -2.15. The van der Waals surface area contributed by atoms with Crippen molar-refractivity contribution in [2.24, 2.45) is 28.8 Å². The second-order valence-corrected chi connectivity index (χ2v) is 9.25. The van der Waals surface area contributed by atoms with Crippen LogP contribution in [0.4, 0.5) is 0 Å². The number of fused-ring (bicyclic) bond motifs is 5. The van der Waals surface area contributed by atoms with Crippen LogP contribution in [-0.4, -0.2) is 29.6 Å². The van der Waals surface area contributed by atoms with Crippen molar-refractivity contribution in [3.05, 3.63) is 69.7 Å². The predicted octanol–water partition coefficient (Wildman–Crippen LogP) is 5.11. The number of rotatable bonds is 7. The molecule has 0 spiro atoms. The predicted molar refractivity (Wildman–Crippen MR) is 126 cm³/mol. The molecule has 1 saturated carbocycles. The quantitative estimate of drug-likeness (QED) is 0.311. The molecule has 2 amide bonds. The van der Waals surface area contributed by atoms with Crippen molar-refractivity contribution in [3.8, 4) is 11.5 Å². The number of ether oxygens (including phenoxy) is 2. The van der Waals surface area contributed by atoms with Gasteiger partial charge in [0.2, 0.25) is 0 Å². The summed E-state index contributed by atoms with van der Waals surface area (Å²) in [6, 6.07) is 10.7. The van der Waals surface area contributed by atoms with Crippen LogP contribution in [0.5, 0.6) is 11.5 Å². The monoisotopic (exact) mass is 484 g/mol. The molecule has 4 atom stereocenters. The van der Waals surface area contributed by atoms with E-state index in [0.29, 0.717) is 40.3 Å². The Bertz CT molecular complexity index is 1130. The van der Waals surface area contributed by atoms with Crippen LogP contribution in [0.1, 0.15) is 24.5 Å². The first-order chi connectivity index (χ1) is 16.0. The van der Waals surface area contributed by atoms with Crippen molar-refractivity contribution in [2.45, 2.75) is 20.0 Å². The van der Waals surface area contributed by atoms with Crippen LogP contribution in [0.2, 0.25) is 10.0 Å². The molecule has 2 aromatic carbocycles. The first kappa shape index (κ1) is 22.0. The van der Waals surface area contributed by atoms with Gasteiger partial charge in [0.05, 0.1) is 29.7 Å². The number of nitrogens with zero attached hydrogens (tertiary/aromatic N) is 2. The Kier molecular flexibility index (Phi) is 5.89. The van der Waals surface area contributed by atoms with Gasteiger partial charge < -0.3 is 9.47 Å². The third-order valence-electron chi connectivity index (χ3n) is 6.40.